The van der Waals surface area contributed by atoms with Crippen molar-refractivity contribution < 1.29 is 36.6 Å². The van der Waals surface area contributed by atoms with Gasteiger partial charge in [0, 0.05) is 29.3 Å². The van der Waals surface area contributed by atoms with Crippen LogP contribution in [0, 0.1) is 11.7 Å². The number of rotatable bonds is 7. The van der Waals surface area contributed by atoms with Gasteiger partial charge in [-0.1, -0.05) is 0 Å². The molecule has 31 heavy (non-hydrogen) atoms. The molecule has 0 saturated carbocycles. The number of hydrogen-bond acceptors (Lipinski definition) is 6. The number of pyridine rings is 1. The number of Topliss-reactive ketones (excluding diaryl/α,β-unsaturated/α-hetero) is 1. The van der Waals surface area contributed by atoms with E-state index in [0.717, 1.165) is 12.3 Å². The van der Waals surface area contributed by atoms with Gasteiger partial charge in [0.15, 0.2) is 11.6 Å². The Balaban J connectivity index is 2.08. The summed E-state index contributed by atoms with van der Waals surface area (Å²) in [6.45, 7) is 3.00. The molecule has 2 unspecified atom stereocenters. The van der Waals surface area contributed by atoms with E-state index < -0.39 is 42.4 Å². The van der Waals surface area contributed by atoms with E-state index in [1.807, 2.05) is 0 Å². The van der Waals surface area contributed by atoms with Crippen LogP contribution in [0.4, 0.5) is 17.6 Å². The molecule has 0 amide bonds. The number of esters is 1. The first-order valence-corrected chi connectivity index (χ1v) is 9.57. The number of alkyl halides is 3. The van der Waals surface area contributed by atoms with Crippen LogP contribution in [0.15, 0.2) is 12.3 Å². The SMILES string of the molecule is COC(=O)[C@@H]1CCc2c(-c3cc(OC(F)C(F)F)ncc3F)nn(C(C)C(C)=O)c2C1. The van der Waals surface area contributed by atoms with Crippen molar-refractivity contribution in [3.05, 3.63) is 29.3 Å². The molecule has 1 aliphatic rings. The molecule has 0 aliphatic heterocycles. The van der Waals surface area contributed by atoms with Crippen LogP contribution in [-0.4, -0.2) is 46.4 Å². The molecule has 11 heteroatoms. The molecule has 0 bridgehead atoms. The molecular formula is C20H21F4N3O4. The predicted octanol–water partition coefficient (Wildman–Crippen LogP) is 3.45. The van der Waals surface area contributed by atoms with Gasteiger partial charge in [-0.3, -0.25) is 14.3 Å². The third-order valence-electron chi connectivity index (χ3n) is 5.31. The summed E-state index contributed by atoms with van der Waals surface area (Å²) in [6.07, 6.45) is -4.59. The largest absolute Gasteiger partial charge is 0.469 e. The summed E-state index contributed by atoms with van der Waals surface area (Å²) in [6, 6.07) is 0.302. The molecule has 0 N–H and O–H groups in total. The third-order valence-corrected chi connectivity index (χ3v) is 5.31. The fourth-order valence-electron chi connectivity index (χ4n) is 3.55. The lowest BCUT2D eigenvalue weighted by Crippen LogP contribution is -2.27. The minimum absolute atomic E-state index is 0.131. The maximum atomic E-state index is 14.6. The molecule has 0 saturated heterocycles. The highest BCUT2D eigenvalue weighted by Crippen LogP contribution is 2.37. The monoisotopic (exact) mass is 443 g/mol. The standard InChI is InChI=1S/C20H21F4N3O4/c1-9(10(2)28)27-15-6-11(20(29)30-3)4-5-12(15)17(26-27)13-7-16(25-8-14(13)21)31-19(24)18(22)23/h7-9,11,18-19H,4-6H2,1-3H3/t9?,11-,19?/m1/s1. The normalized spacial score (nSPS) is 17.7. The van der Waals surface area contributed by atoms with Gasteiger partial charge < -0.3 is 9.47 Å². The van der Waals surface area contributed by atoms with E-state index in [2.05, 4.69) is 14.8 Å². The van der Waals surface area contributed by atoms with Crippen LogP contribution in [0.2, 0.25) is 0 Å². The van der Waals surface area contributed by atoms with Crippen molar-refractivity contribution in [1.82, 2.24) is 14.8 Å². The molecule has 0 radical (unpaired) electrons. The van der Waals surface area contributed by atoms with Crippen molar-refractivity contribution in [3.63, 3.8) is 0 Å². The Morgan fingerprint density at radius 1 is 1.29 bits per heavy atom. The highest BCUT2D eigenvalue weighted by molar-refractivity contribution is 5.80. The first-order valence-electron chi connectivity index (χ1n) is 9.57. The number of ether oxygens (including phenoxy) is 2. The number of ketones is 1. The Bertz CT molecular complexity index is 995. The van der Waals surface area contributed by atoms with Crippen LogP contribution in [0.5, 0.6) is 5.88 Å². The van der Waals surface area contributed by atoms with E-state index in [4.69, 9.17) is 4.74 Å². The molecule has 2 aromatic rings. The number of methoxy groups -OCH3 is 1. The van der Waals surface area contributed by atoms with Gasteiger partial charge in [0.2, 0.25) is 5.88 Å². The smallest absolute Gasteiger partial charge is 0.309 e. The van der Waals surface area contributed by atoms with Gasteiger partial charge in [-0.15, -0.1) is 0 Å². The first-order chi connectivity index (χ1) is 14.6. The topological polar surface area (TPSA) is 83.3 Å². The summed E-state index contributed by atoms with van der Waals surface area (Å²) >= 11 is 0. The highest BCUT2D eigenvalue weighted by Gasteiger charge is 2.34. The Morgan fingerprint density at radius 3 is 2.61 bits per heavy atom. The van der Waals surface area contributed by atoms with Crippen LogP contribution in [0.25, 0.3) is 11.3 Å². The second-order valence-corrected chi connectivity index (χ2v) is 7.27. The second-order valence-electron chi connectivity index (χ2n) is 7.27. The summed E-state index contributed by atoms with van der Waals surface area (Å²) in [4.78, 5) is 27.5. The van der Waals surface area contributed by atoms with E-state index in [1.54, 1.807) is 6.92 Å². The van der Waals surface area contributed by atoms with Crippen LogP contribution in [0.3, 0.4) is 0 Å². The van der Waals surface area contributed by atoms with E-state index in [0.29, 0.717) is 24.1 Å². The van der Waals surface area contributed by atoms with Crippen LogP contribution >= 0.6 is 0 Å². The molecule has 3 rings (SSSR count). The van der Waals surface area contributed by atoms with Gasteiger partial charge in [-0.2, -0.15) is 9.49 Å². The van der Waals surface area contributed by atoms with Crippen molar-refractivity contribution >= 4 is 11.8 Å². The molecule has 7 nitrogen and oxygen atoms in total. The van der Waals surface area contributed by atoms with Crippen LogP contribution in [0.1, 0.15) is 37.6 Å². The number of hydrogen-bond donors (Lipinski definition) is 0. The lowest BCUT2D eigenvalue weighted by atomic mass is 9.85. The summed E-state index contributed by atoms with van der Waals surface area (Å²) < 4.78 is 63.5. The third kappa shape index (κ3) is 4.54. The van der Waals surface area contributed by atoms with Gasteiger partial charge in [-0.25, -0.2) is 18.2 Å². The maximum absolute atomic E-state index is 14.6. The Morgan fingerprint density at radius 2 is 2.00 bits per heavy atom. The number of carbonyl (C=O) groups excluding carboxylic acids is 2. The summed E-state index contributed by atoms with van der Waals surface area (Å²) in [5.74, 6) is -2.40. The maximum Gasteiger partial charge on any atom is 0.309 e. The van der Waals surface area contributed by atoms with Crippen molar-refractivity contribution in [2.24, 2.45) is 5.92 Å². The van der Waals surface area contributed by atoms with Gasteiger partial charge in [-0.05, 0) is 26.7 Å². The lowest BCUT2D eigenvalue weighted by Gasteiger charge is -2.23. The zero-order valence-corrected chi connectivity index (χ0v) is 17.1. The fraction of sp³-hybridized carbons (Fsp3) is 0.500. The zero-order valence-electron chi connectivity index (χ0n) is 17.1. The molecule has 0 aromatic carbocycles. The molecule has 0 fully saturated rings. The number of fused-ring (bicyclic) bond motifs is 1. The molecular weight excluding hydrogens is 422 g/mol. The average Bonchev–Trinajstić information content (AvgIpc) is 3.12. The molecule has 2 heterocycles. The minimum atomic E-state index is -3.39. The van der Waals surface area contributed by atoms with E-state index in [1.165, 1.54) is 18.7 Å². The van der Waals surface area contributed by atoms with Gasteiger partial charge >= 0.3 is 12.4 Å². The molecule has 2 aromatic heterocycles. The van der Waals surface area contributed by atoms with Crippen LogP contribution < -0.4 is 4.74 Å². The predicted molar refractivity (Wildman–Crippen MR) is 99.9 cm³/mol. The fourth-order valence-corrected chi connectivity index (χ4v) is 3.55. The Hall–Kier alpha value is -2.98. The molecule has 0 spiro atoms. The Labute approximate surface area is 175 Å². The quantitative estimate of drug-likeness (QED) is 0.482. The summed E-state index contributed by atoms with van der Waals surface area (Å²) in [5, 5.41) is 4.40. The van der Waals surface area contributed by atoms with Gasteiger partial charge in [0.05, 0.1) is 24.9 Å². The van der Waals surface area contributed by atoms with E-state index in [-0.39, 0.29) is 23.5 Å². The highest BCUT2D eigenvalue weighted by atomic mass is 19.3. The number of aromatic nitrogens is 3. The van der Waals surface area contributed by atoms with E-state index in [9.17, 15) is 27.2 Å². The molecule has 1 aliphatic carbocycles. The molecule has 3 atom stereocenters. The summed E-state index contributed by atoms with van der Waals surface area (Å²) in [7, 11) is 1.28. The number of halogens is 4. The minimum Gasteiger partial charge on any atom is -0.469 e. The van der Waals surface area contributed by atoms with Gasteiger partial charge in [0.25, 0.3) is 6.36 Å². The van der Waals surface area contributed by atoms with Crippen molar-refractivity contribution in [2.75, 3.05) is 7.11 Å². The summed E-state index contributed by atoms with van der Waals surface area (Å²) in [5.41, 5.74) is 1.21. The van der Waals surface area contributed by atoms with E-state index >= 15 is 0 Å². The van der Waals surface area contributed by atoms with Crippen molar-refractivity contribution in [1.29, 1.82) is 0 Å². The van der Waals surface area contributed by atoms with Crippen molar-refractivity contribution in [2.45, 2.75) is 51.9 Å². The average molecular weight is 443 g/mol. The van der Waals surface area contributed by atoms with Crippen molar-refractivity contribution in [3.8, 4) is 17.1 Å². The first kappa shape index (κ1) is 22.7. The lowest BCUT2D eigenvalue weighted by molar-refractivity contribution is -0.145. The number of carbonyl (C=O) groups is 2. The zero-order chi connectivity index (χ0) is 22.9. The molecule has 168 valence electrons. The second kappa shape index (κ2) is 9.03. The van der Waals surface area contributed by atoms with Crippen LogP contribution in [-0.2, 0) is 27.2 Å². The Kier molecular flexibility index (Phi) is 6.61. The number of nitrogens with zero attached hydrogens (tertiary/aromatic N) is 3. The van der Waals surface area contributed by atoms with Gasteiger partial charge in [0.1, 0.15) is 6.04 Å².